The summed E-state index contributed by atoms with van der Waals surface area (Å²) in [7, 11) is 3.21. The van der Waals surface area contributed by atoms with E-state index in [0.717, 1.165) is 11.3 Å². The smallest absolute Gasteiger partial charge is 0.261 e. The molecule has 0 spiro atoms. The lowest BCUT2D eigenvalue weighted by molar-refractivity contribution is -0.128. The van der Waals surface area contributed by atoms with Gasteiger partial charge < -0.3 is 19.5 Å². The Balaban J connectivity index is 2.06. The average Bonchev–Trinajstić information content (AvgIpc) is 2.65. The Bertz CT molecular complexity index is 702. The van der Waals surface area contributed by atoms with Crippen LogP contribution in [0.4, 0.5) is 0 Å². The van der Waals surface area contributed by atoms with Crippen LogP contribution in [0.25, 0.3) is 0 Å². The van der Waals surface area contributed by atoms with Gasteiger partial charge in [0.05, 0.1) is 20.3 Å². The SMILES string of the molecule is CC[C@H](Oc1cccc(OC)c1)C(=O)N[C@@H](C)c1ccccc1OC. The van der Waals surface area contributed by atoms with Crippen LogP contribution in [0.2, 0.25) is 0 Å². The molecular weight excluding hydrogens is 318 g/mol. The second-order valence-electron chi connectivity index (χ2n) is 5.67. The van der Waals surface area contributed by atoms with Gasteiger partial charge in [-0.2, -0.15) is 0 Å². The molecule has 134 valence electrons. The number of hydrogen-bond acceptors (Lipinski definition) is 4. The lowest BCUT2D eigenvalue weighted by Crippen LogP contribution is -2.39. The van der Waals surface area contributed by atoms with E-state index >= 15 is 0 Å². The van der Waals surface area contributed by atoms with Gasteiger partial charge in [-0.05, 0) is 31.5 Å². The van der Waals surface area contributed by atoms with Crippen LogP contribution in [0.15, 0.2) is 48.5 Å². The van der Waals surface area contributed by atoms with Crippen LogP contribution >= 0.6 is 0 Å². The van der Waals surface area contributed by atoms with E-state index in [2.05, 4.69) is 5.32 Å². The molecular formula is C20H25NO4. The highest BCUT2D eigenvalue weighted by molar-refractivity contribution is 5.81. The summed E-state index contributed by atoms with van der Waals surface area (Å²) >= 11 is 0. The van der Waals surface area contributed by atoms with E-state index in [1.54, 1.807) is 20.3 Å². The molecule has 0 heterocycles. The van der Waals surface area contributed by atoms with Gasteiger partial charge in [-0.3, -0.25) is 4.79 Å². The van der Waals surface area contributed by atoms with E-state index in [1.165, 1.54) is 0 Å². The molecule has 0 bridgehead atoms. The molecule has 2 rings (SSSR count). The van der Waals surface area contributed by atoms with Gasteiger partial charge in [-0.1, -0.05) is 31.2 Å². The summed E-state index contributed by atoms with van der Waals surface area (Å²) in [4.78, 5) is 12.6. The lowest BCUT2D eigenvalue weighted by atomic mass is 10.1. The minimum absolute atomic E-state index is 0.163. The number of amides is 1. The summed E-state index contributed by atoms with van der Waals surface area (Å²) in [5, 5.41) is 3.00. The number of para-hydroxylation sites is 1. The number of hydrogen-bond donors (Lipinski definition) is 1. The maximum absolute atomic E-state index is 12.6. The molecule has 0 radical (unpaired) electrons. The Hall–Kier alpha value is -2.69. The van der Waals surface area contributed by atoms with Crippen molar-refractivity contribution in [3.63, 3.8) is 0 Å². The zero-order chi connectivity index (χ0) is 18.2. The van der Waals surface area contributed by atoms with Crippen LogP contribution < -0.4 is 19.5 Å². The van der Waals surface area contributed by atoms with E-state index in [9.17, 15) is 4.79 Å². The molecule has 0 unspecified atom stereocenters. The number of rotatable bonds is 8. The molecule has 2 atom stereocenters. The second-order valence-corrected chi connectivity index (χ2v) is 5.67. The Kier molecular flexibility index (Phi) is 6.69. The Labute approximate surface area is 148 Å². The van der Waals surface area contributed by atoms with Crippen molar-refractivity contribution in [2.75, 3.05) is 14.2 Å². The molecule has 2 aromatic rings. The van der Waals surface area contributed by atoms with Crippen molar-refractivity contribution in [1.29, 1.82) is 0 Å². The van der Waals surface area contributed by atoms with Gasteiger partial charge in [0.25, 0.3) is 5.91 Å². The first-order valence-corrected chi connectivity index (χ1v) is 8.33. The fourth-order valence-corrected chi connectivity index (χ4v) is 2.57. The van der Waals surface area contributed by atoms with Crippen LogP contribution in [-0.4, -0.2) is 26.2 Å². The summed E-state index contributed by atoms with van der Waals surface area (Å²) < 4.78 is 16.4. The molecule has 0 fully saturated rings. The number of benzene rings is 2. The average molecular weight is 343 g/mol. The summed E-state index contributed by atoms with van der Waals surface area (Å²) in [5.41, 5.74) is 0.926. The van der Waals surface area contributed by atoms with Crippen molar-refractivity contribution in [2.45, 2.75) is 32.4 Å². The molecule has 0 saturated heterocycles. The highest BCUT2D eigenvalue weighted by Crippen LogP contribution is 2.25. The first-order valence-electron chi connectivity index (χ1n) is 8.33. The van der Waals surface area contributed by atoms with E-state index in [4.69, 9.17) is 14.2 Å². The van der Waals surface area contributed by atoms with Gasteiger partial charge in [0.15, 0.2) is 6.10 Å². The van der Waals surface area contributed by atoms with Crippen molar-refractivity contribution >= 4 is 5.91 Å². The lowest BCUT2D eigenvalue weighted by Gasteiger charge is -2.22. The summed E-state index contributed by atoms with van der Waals surface area (Å²) in [6.45, 7) is 3.84. The largest absolute Gasteiger partial charge is 0.497 e. The Morgan fingerprint density at radius 3 is 2.44 bits per heavy atom. The number of carbonyl (C=O) groups excluding carboxylic acids is 1. The zero-order valence-electron chi connectivity index (χ0n) is 15.1. The first kappa shape index (κ1) is 18.6. The summed E-state index contributed by atoms with van der Waals surface area (Å²) in [5.74, 6) is 1.88. The second kappa shape index (κ2) is 8.97. The van der Waals surface area contributed by atoms with Crippen LogP contribution in [0.1, 0.15) is 31.9 Å². The molecule has 0 aliphatic heterocycles. The highest BCUT2D eigenvalue weighted by Gasteiger charge is 2.22. The summed E-state index contributed by atoms with van der Waals surface area (Å²) in [6.07, 6.45) is -0.0222. The predicted molar refractivity (Wildman–Crippen MR) is 97.3 cm³/mol. The molecule has 1 amide bonds. The maximum atomic E-state index is 12.6. The van der Waals surface area contributed by atoms with Crippen molar-refractivity contribution in [3.8, 4) is 17.2 Å². The van der Waals surface area contributed by atoms with Crippen molar-refractivity contribution in [1.82, 2.24) is 5.32 Å². The Morgan fingerprint density at radius 2 is 1.76 bits per heavy atom. The maximum Gasteiger partial charge on any atom is 0.261 e. The van der Waals surface area contributed by atoms with E-state index in [1.807, 2.05) is 56.3 Å². The minimum atomic E-state index is -0.579. The molecule has 5 heteroatoms. The number of nitrogens with one attached hydrogen (secondary N) is 1. The van der Waals surface area contributed by atoms with Gasteiger partial charge >= 0.3 is 0 Å². The van der Waals surface area contributed by atoms with Gasteiger partial charge in [0, 0.05) is 11.6 Å². The van der Waals surface area contributed by atoms with Crippen molar-refractivity contribution in [3.05, 3.63) is 54.1 Å². The van der Waals surface area contributed by atoms with Gasteiger partial charge in [-0.15, -0.1) is 0 Å². The molecule has 5 nitrogen and oxygen atoms in total. The van der Waals surface area contributed by atoms with Gasteiger partial charge in [0.2, 0.25) is 0 Å². The third-order valence-electron chi connectivity index (χ3n) is 3.95. The summed E-state index contributed by atoms with van der Waals surface area (Å²) in [6, 6.07) is 14.7. The van der Waals surface area contributed by atoms with Crippen molar-refractivity contribution < 1.29 is 19.0 Å². The molecule has 0 aromatic heterocycles. The standard InChI is InChI=1S/C20H25NO4/c1-5-18(25-16-10-8-9-15(13-16)23-3)20(22)21-14(2)17-11-6-7-12-19(17)24-4/h6-14,18H,5H2,1-4H3,(H,21,22)/t14-,18-/m0/s1. The normalized spacial score (nSPS) is 12.8. The third-order valence-corrected chi connectivity index (χ3v) is 3.95. The van der Waals surface area contributed by atoms with Gasteiger partial charge in [0.1, 0.15) is 17.2 Å². The quantitative estimate of drug-likeness (QED) is 0.793. The minimum Gasteiger partial charge on any atom is -0.497 e. The third kappa shape index (κ3) is 4.89. The molecule has 1 N–H and O–H groups in total. The fourth-order valence-electron chi connectivity index (χ4n) is 2.57. The number of methoxy groups -OCH3 is 2. The predicted octanol–water partition coefficient (Wildman–Crippen LogP) is 3.74. The molecule has 2 aromatic carbocycles. The molecule has 25 heavy (non-hydrogen) atoms. The highest BCUT2D eigenvalue weighted by atomic mass is 16.5. The van der Waals surface area contributed by atoms with Crippen molar-refractivity contribution in [2.24, 2.45) is 0 Å². The molecule has 0 aliphatic rings. The van der Waals surface area contributed by atoms with Crippen LogP contribution in [0, 0.1) is 0 Å². The van der Waals surface area contributed by atoms with E-state index in [0.29, 0.717) is 17.9 Å². The van der Waals surface area contributed by atoms with Gasteiger partial charge in [-0.25, -0.2) is 0 Å². The zero-order valence-corrected chi connectivity index (χ0v) is 15.1. The van der Waals surface area contributed by atoms with Crippen LogP contribution in [0.3, 0.4) is 0 Å². The monoisotopic (exact) mass is 343 g/mol. The molecule has 0 aliphatic carbocycles. The topological polar surface area (TPSA) is 56.8 Å². The van der Waals surface area contributed by atoms with E-state index in [-0.39, 0.29) is 11.9 Å². The fraction of sp³-hybridized carbons (Fsp3) is 0.350. The van der Waals surface area contributed by atoms with Crippen LogP contribution in [0.5, 0.6) is 17.2 Å². The van der Waals surface area contributed by atoms with E-state index < -0.39 is 6.10 Å². The Morgan fingerprint density at radius 1 is 1.04 bits per heavy atom. The molecule has 0 saturated carbocycles. The first-order chi connectivity index (χ1) is 12.1. The van der Waals surface area contributed by atoms with Crippen LogP contribution in [-0.2, 0) is 4.79 Å². The number of carbonyl (C=O) groups is 1. The number of ether oxygens (including phenoxy) is 3.